The number of hydrogen-bond donors (Lipinski definition) is 1. The molecule has 4 rings (SSSR count). The van der Waals surface area contributed by atoms with Gasteiger partial charge in [0.05, 0.1) is 53.9 Å². The van der Waals surface area contributed by atoms with Gasteiger partial charge in [-0.05, 0) is 65.9 Å². The van der Waals surface area contributed by atoms with Crippen molar-refractivity contribution in [3.8, 4) is 17.2 Å². The van der Waals surface area contributed by atoms with E-state index >= 15 is 0 Å². The minimum atomic E-state index is -0.712. The fourth-order valence-corrected chi connectivity index (χ4v) is 4.92. The van der Waals surface area contributed by atoms with Crippen molar-refractivity contribution in [1.82, 2.24) is 0 Å². The van der Waals surface area contributed by atoms with Crippen LogP contribution in [0.1, 0.15) is 36.5 Å². The maximum atomic E-state index is 9.38. The first kappa shape index (κ1) is 32.7. The molecule has 234 valence electrons. The molecule has 5 atom stereocenters. The summed E-state index contributed by atoms with van der Waals surface area (Å²) in [6.45, 7) is 3.40. The second-order valence-corrected chi connectivity index (χ2v) is 10.3. The highest BCUT2D eigenvalue weighted by molar-refractivity contribution is 5.28. The fourth-order valence-electron chi connectivity index (χ4n) is 4.92. The van der Waals surface area contributed by atoms with E-state index in [1.54, 1.807) is 21.3 Å². The fraction of sp³-hybridized carbons (Fsp3) is 0.471. The first-order chi connectivity index (χ1) is 21.1. The Morgan fingerprint density at radius 2 is 1.00 bits per heavy atom. The molecule has 3 aromatic rings. The maximum Gasteiger partial charge on any atom is 0.186 e. The average molecular weight is 597 g/mol. The lowest BCUT2D eigenvalue weighted by molar-refractivity contribution is -0.323. The summed E-state index contributed by atoms with van der Waals surface area (Å²) in [7, 11) is 4.93. The number of ether oxygens (including phenoxy) is 8. The zero-order valence-corrected chi connectivity index (χ0v) is 25.5. The molecular formula is C34H44O9. The summed E-state index contributed by atoms with van der Waals surface area (Å²) in [5.41, 5.74) is 2.96. The third-order valence-corrected chi connectivity index (χ3v) is 7.38. The predicted molar refractivity (Wildman–Crippen MR) is 161 cm³/mol. The lowest BCUT2D eigenvalue weighted by Gasteiger charge is -2.46. The van der Waals surface area contributed by atoms with Gasteiger partial charge in [-0.15, -0.1) is 0 Å². The molecule has 0 aromatic heterocycles. The van der Waals surface area contributed by atoms with Crippen molar-refractivity contribution in [3.63, 3.8) is 0 Å². The van der Waals surface area contributed by atoms with Crippen molar-refractivity contribution < 1.29 is 43.0 Å². The summed E-state index contributed by atoms with van der Waals surface area (Å²) in [5.74, 6) is 2.33. The Hall–Kier alpha value is -3.18. The van der Waals surface area contributed by atoms with E-state index in [9.17, 15) is 5.11 Å². The molecule has 9 heteroatoms. The molecule has 0 aliphatic carbocycles. The number of hydrogen-bond acceptors (Lipinski definition) is 9. The van der Waals surface area contributed by atoms with Gasteiger partial charge in [-0.25, -0.2) is 0 Å². The molecule has 0 saturated carbocycles. The summed E-state index contributed by atoms with van der Waals surface area (Å²) in [6.07, 6.45) is -1.42. The van der Waals surface area contributed by atoms with Crippen molar-refractivity contribution in [2.75, 3.05) is 34.5 Å². The Kier molecular flexibility index (Phi) is 13.1. The Bertz CT molecular complexity index is 1180. The van der Waals surface area contributed by atoms with Crippen molar-refractivity contribution >= 4 is 0 Å². The van der Waals surface area contributed by atoms with E-state index < -0.39 is 24.6 Å². The summed E-state index contributed by atoms with van der Waals surface area (Å²) >= 11 is 0. The SMILES string of the molecule is CC[C@H]1O[C@@H](OCCCO)[C@H](OCc2ccc(OC)cc2)[C@@H](OCc2ccc(OC)cc2)[C@@H]1OCc1ccc(OC)cc1. The van der Waals surface area contributed by atoms with Gasteiger partial charge in [0.15, 0.2) is 6.29 Å². The van der Waals surface area contributed by atoms with Gasteiger partial charge in [-0.2, -0.15) is 0 Å². The van der Waals surface area contributed by atoms with E-state index in [0.29, 0.717) is 39.3 Å². The molecule has 1 aliphatic rings. The van der Waals surface area contributed by atoms with Crippen LogP contribution in [0, 0.1) is 0 Å². The number of aliphatic hydroxyl groups is 1. The highest BCUT2D eigenvalue weighted by Crippen LogP contribution is 2.33. The van der Waals surface area contributed by atoms with Crippen LogP contribution in [0.2, 0.25) is 0 Å². The molecule has 3 aromatic carbocycles. The summed E-state index contributed by atoms with van der Waals surface area (Å²) in [6, 6.07) is 23.3. The number of methoxy groups -OCH3 is 3. The van der Waals surface area contributed by atoms with E-state index in [4.69, 9.17) is 37.9 Å². The summed E-state index contributed by atoms with van der Waals surface area (Å²) in [4.78, 5) is 0. The van der Waals surface area contributed by atoms with E-state index in [-0.39, 0.29) is 12.7 Å². The van der Waals surface area contributed by atoms with Crippen LogP contribution in [-0.2, 0) is 43.5 Å². The molecule has 1 N–H and O–H groups in total. The zero-order valence-electron chi connectivity index (χ0n) is 25.5. The standard InChI is InChI=1S/C34H44O9/c1-5-30-31(40-21-24-7-13-27(36-2)14-8-24)32(41-22-25-9-15-28(37-3)16-10-25)33(34(43-30)39-20-6-19-35)42-23-26-11-17-29(38-4)18-12-26/h7-18,30-35H,5-6,19-23H2,1-4H3/t30-,31-,32+,33-,34-/m1/s1. The molecule has 0 bridgehead atoms. The monoisotopic (exact) mass is 596 g/mol. The van der Waals surface area contributed by atoms with Gasteiger partial charge < -0.3 is 43.0 Å². The normalized spacial score (nSPS) is 21.8. The van der Waals surface area contributed by atoms with Crippen LogP contribution in [-0.4, -0.2) is 70.4 Å². The minimum absolute atomic E-state index is 0.0201. The molecule has 0 amide bonds. The Labute approximate surface area is 254 Å². The molecule has 1 saturated heterocycles. The van der Waals surface area contributed by atoms with Crippen molar-refractivity contribution in [3.05, 3.63) is 89.5 Å². The quantitative estimate of drug-likeness (QED) is 0.208. The smallest absolute Gasteiger partial charge is 0.186 e. The Balaban J connectivity index is 1.59. The predicted octanol–water partition coefficient (Wildman–Crippen LogP) is 5.30. The first-order valence-electron chi connectivity index (χ1n) is 14.7. The lowest BCUT2D eigenvalue weighted by atomic mass is 9.96. The van der Waals surface area contributed by atoms with Gasteiger partial charge in [0.1, 0.15) is 35.6 Å². The molecule has 1 aliphatic heterocycles. The van der Waals surface area contributed by atoms with Crippen molar-refractivity contribution in [2.24, 2.45) is 0 Å². The zero-order chi connectivity index (χ0) is 30.4. The highest BCUT2D eigenvalue weighted by atomic mass is 16.7. The molecule has 1 heterocycles. The average Bonchev–Trinajstić information content (AvgIpc) is 3.06. The summed E-state index contributed by atoms with van der Waals surface area (Å²) in [5, 5.41) is 9.38. The molecule has 0 spiro atoms. The third-order valence-electron chi connectivity index (χ3n) is 7.38. The third kappa shape index (κ3) is 9.40. The largest absolute Gasteiger partial charge is 0.497 e. The minimum Gasteiger partial charge on any atom is -0.497 e. The number of aliphatic hydroxyl groups excluding tert-OH is 1. The van der Waals surface area contributed by atoms with Crippen LogP contribution in [0.15, 0.2) is 72.8 Å². The topological polar surface area (TPSA) is 94.1 Å². The molecular weight excluding hydrogens is 552 g/mol. The van der Waals surface area contributed by atoms with Crippen molar-refractivity contribution in [1.29, 1.82) is 0 Å². The van der Waals surface area contributed by atoms with E-state index in [1.807, 2.05) is 72.8 Å². The van der Waals surface area contributed by atoms with Crippen LogP contribution in [0.4, 0.5) is 0 Å². The van der Waals surface area contributed by atoms with Crippen LogP contribution in [0.3, 0.4) is 0 Å². The molecule has 0 radical (unpaired) electrons. The van der Waals surface area contributed by atoms with Crippen LogP contribution < -0.4 is 14.2 Å². The first-order valence-corrected chi connectivity index (χ1v) is 14.7. The molecule has 9 nitrogen and oxygen atoms in total. The van der Waals surface area contributed by atoms with E-state index in [1.165, 1.54) is 0 Å². The Morgan fingerprint density at radius 1 is 0.581 bits per heavy atom. The Morgan fingerprint density at radius 3 is 1.40 bits per heavy atom. The second kappa shape index (κ2) is 17.2. The van der Waals surface area contributed by atoms with Crippen molar-refractivity contribution in [2.45, 2.75) is 70.3 Å². The van der Waals surface area contributed by atoms with E-state index in [2.05, 4.69) is 6.92 Å². The lowest BCUT2D eigenvalue weighted by Crippen LogP contribution is -2.60. The van der Waals surface area contributed by atoms with Gasteiger partial charge in [-0.1, -0.05) is 43.3 Å². The van der Waals surface area contributed by atoms with Crippen LogP contribution in [0.5, 0.6) is 17.2 Å². The molecule has 43 heavy (non-hydrogen) atoms. The summed E-state index contributed by atoms with van der Waals surface area (Å²) < 4.78 is 48.3. The molecule has 1 fully saturated rings. The van der Waals surface area contributed by atoms with Gasteiger partial charge in [-0.3, -0.25) is 0 Å². The van der Waals surface area contributed by atoms with Crippen LogP contribution in [0.25, 0.3) is 0 Å². The maximum absolute atomic E-state index is 9.38. The van der Waals surface area contributed by atoms with Gasteiger partial charge in [0.2, 0.25) is 0 Å². The number of rotatable bonds is 17. The van der Waals surface area contributed by atoms with E-state index in [0.717, 1.165) is 33.9 Å². The van der Waals surface area contributed by atoms with Gasteiger partial charge >= 0.3 is 0 Å². The highest BCUT2D eigenvalue weighted by Gasteiger charge is 2.48. The van der Waals surface area contributed by atoms with Gasteiger partial charge in [0.25, 0.3) is 0 Å². The van der Waals surface area contributed by atoms with Gasteiger partial charge in [0, 0.05) is 6.61 Å². The number of benzene rings is 3. The molecule has 0 unspecified atom stereocenters. The van der Waals surface area contributed by atoms with Crippen LogP contribution >= 0.6 is 0 Å². The second-order valence-electron chi connectivity index (χ2n) is 10.3.